The van der Waals surface area contributed by atoms with Gasteiger partial charge in [-0.05, 0) is 19.9 Å². The van der Waals surface area contributed by atoms with Gasteiger partial charge < -0.3 is 0 Å². The molecule has 19 heavy (non-hydrogen) atoms. The van der Waals surface area contributed by atoms with Crippen molar-refractivity contribution in [2.45, 2.75) is 31.7 Å². The van der Waals surface area contributed by atoms with Crippen molar-refractivity contribution in [2.24, 2.45) is 0 Å². The van der Waals surface area contributed by atoms with Crippen molar-refractivity contribution in [2.75, 3.05) is 13.6 Å². The second kappa shape index (κ2) is 5.93. The highest BCUT2D eigenvalue weighted by atomic mass is 16.6. The zero-order valence-electron chi connectivity index (χ0n) is 11.0. The third-order valence-electron chi connectivity index (χ3n) is 3.72. The van der Waals surface area contributed by atoms with E-state index in [0.717, 1.165) is 12.8 Å². The van der Waals surface area contributed by atoms with Gasteiger partial charge in [0.2, 0.25) is 0 Å². The Morgan fingerprint density at radius 2 is 2.11 bits per heavy atom. The van der Waals surface area contributed by atoms with Gasteiger partial charge in [0.15, 0.2) is 5.78 Å². The number of nitro benzene ring substituents is 1. The highest BCUT2D eigenvalue weighted by Crippen LogP contribution is 2.22. The largest absolute Gasteiger partial charge is 0.296 e. The molecule has 1 aromatic rings. The Bertz CT molecular complexity index is 481. The topological polar surface area (TPSA) is 63.5 Å². The molecule has 5 heteroatoms. The van der Waals surface area contributed by atoms with Crippen molar-refractivity contribution in [1.29, 1.82) is 0 Å². The van der Waals surface area contributed by atoms with Crippen molar-refractivity contribution in [3.8, 4) is 0 Å². The van der Waals surface area contributed by atoms with E-state index in [1.807, 2.05) is 7.05 Å². The van der Waals surface area contributed by atoms with Crippen LogP contribution in [0, 0.1) is 10.1 Å². The van der Waals surface area contributed by atoms with Gasteiger partial charge in [-0.15, -0.1) is 0 Å². The number of ketones is 1. The minimum absolute atomic E-state index is 0.0330. The van der Waals surface area contributed by atoms with E-state index >= 15 is 0 Å². The van der Waals surface area contributed by atoms with Gasteiger partial charge in [0.1, 0.15) is 0 Å². The summed E-state index contributed by atoms with van der Waals surface area (Å²) < 4.78 is 0. The first-order chi connectivity index (χ1) is 9.08. The third-order valence-corrected chi connectivity index (χ3v) is 3.72. The number of carbonyl (C=O) groups excluding carboxylic acids is 1. The van der Waals surface area contributed by atoms with Crippen LogP contribution in [0.25, 0.3) is 0 Å². The molecule has 0 unspecified atom stereocenters. The van der Waals surface area contributed by atoms with E-state index in [0.29, 0.717) is 18.2 Å². The van der Waals surface area contributed by atoms with E-state index in [2.05, 4.69) is 4.90 Å². The molecule has 0 amide bonds. The van der Waals surface area contributed by atoms with Crippen LogP contribution in [-0.2, 0) is 0 Å². The smallest absolute Gasteiger partial charge is 0.270 e. The van der Waals surface area contributed by atoms with Gasteiger partial charge in [-0.3, -0.25) is 19.8 Å². The molecule has 1 aromatic carbocycles. The second-order valence-electron chi connectivity index (χ2n) is 5.08. The predicted octanol–water partition coefficient (Wildman–Crippen LogP) is 2.65. The van der Waals surface area contributed by atoms with Crippen LogP contribution in [0.4, 0.5) is 5.69 Å². The van der Waals surface area contributed by atoms with Crippen LogP contribution >= 0.6 is 0 Å². The number of nitrogens with zero attached hydrogens (tertiary/aromatic N) is 2. The minimum Gasteiger partial charge on any atom is -0.296 e. The average molecular weight is 262 g/mol. The van der Waals surface area contributed by atoms with Gasteiger partial charge in [-0.2, -0.15) is 0 Å². The van der Waals surface area contributed by atoms with Crippen molar-refractivity contribution in [3.63, 3.8) is 0 Å². The zero-order valence-corrected chi connectivity index (χ0v) is 11.0. The summed E-state index contributed by atoms with van der Waals surface area (Å²) >= 11 is 0. The monoisotopic (exact) mass is 262 g/mol. The summed E-state index contributed by atoms with van der Waals surface area (Å²) in [5, 5.41) is 10.7. The number of rotatable bonds is 5. The minimum atomic E-state index is -0.475. The first kappa shape index (κ1) is 13.7. The van der Waals surface area contributed by atoms with Crippen molar-refractivity contribution in [1.82, 2.24) is 4.90 Å². The Hall–Kier alpha value is -1.75. The Morgan fingerprint density at radius 1 is 1.42 bits per heavy atom. The maximum absolute atomic E-state index is 12.1. The van der Waals surface area contributed by atoms with E-state index in [4.69, 9.17) is 0 Å². The van der Waals surface area contributed by atoms with Crippen LogP contribution in [0.5, 0.6) is 0 Å². The van der Waals surface area contributed by atoms with Crippen LogP contribution in [-0.4, -0.2) is 35.2 Å². The molecule has 0 radical (unpaired) electrons. The Balaban J connectivity index is 2.02. The van der Waals surface area contributed by atoms with Crippen LogP contribution in [0.1, 0.15) is 36.0 Å². The standard InChI is InChI=1S/C14H18N2O3/c1-15(12-6-2-3-7-12)10-14(17)11-5-4-8-13(9-11)16(18)19/h4-5,8-9,12H,2-3,6-7,10H2,1H3. The molecule has 1 saturated carbocycles. The molecule has 0 aromatic heterocycles. The molecule has 0 saturated heterocycles. The maximum Gasteiger partial charge on any atom is 0.270 e. The lowest BCUT2D eigenvalue weighted by Crippen LogP contribution is -2.34. The molecule has 0 heterocycles. The lowest BCUT2D eigenvalue weighted by atomic mass is 10.1. The molecule has 102 valence electrons. The molecule has 0 atom stereocenters. The number of Topliss-reactive ketones (excluding diaryl/α,β-unsaturated/α-hetero) is 1. The molecule has 1 aliphatic rings. The average Bonchev–Trinajstić information content (AvgIpc) is 2.92. The predicted molar refractivity (Wildman–Crippen MR) is 72.3 cm³/mol. The van der Waals surface area contributed by atoms with Gasteiger partial charge in [0, 0.05) is 23.7 Å². The summed E-state index contributed by atoms with van der Waals surface area (Å²) in [6.07, 6.45) is 4.72. The van der Waals surface area contributed by atoms with E-state index in [1.165, 1.54) is 25.0 Å². The first-order valence-corrected chi connectivity index (χ1v) is 6.56. The van der Waals surface area contributed by atoms with E-state index in [1.54, 1.807) is 12.1 Å². The van der Waals surface area contributed by atoms with Crippen LogP contribution < -0.4 is 0 Å². The van der Waals surface area contributed by atoms with E-state index in [-0.39, 0.29) is 11.5 Å². The molecular weight excluding hydrogens is 244 g/mol. The van der Waals surface area contributed by atoms with Crippen LogP contribution in [0.2, 0.25) is 0 Å². The number of carbonyl (C=O) groups is 1. The summed E-state index contributed by atoms with van der Waals surface area (Å²) in [6, 6.07) is 6.42. The number of likely N-dealkylation sites (N-methyl/N-ethyl adjacent to an activating group) is 1. The maximum atomic E-state index is 12.1. The molecule has 0 aliphatic heterocycles. The van der Waals surface area contributed by atoms with E-state index < -0.39 is 4.92 Å². The molecule has 0 spiro atoms. The highest BCUT2D eigenvalue weighted by Gasteiger charge is 2.22. The summed E-state index contributed by atoms with van der Waals surface area (Å²) in [7, 11) is 1.95. The highest BCUT2D eigenvalue weighted by molar-refractivity contribution is 5.98. The quantitative estimate of drug-likeness (QED) is 0.465. The molecule has 0 bridgehead atoms. The summed E-state index contributed by atoms with van der Waals surface area (Å²) in [5.74, 6) is -0.0573. The lowest BCUT2D eigenvalue weighted by Gasteiger charge is -2.22. The second-order valence-corrected chi connectivity index (χ2v) is 5.08. The Labute approximate surface area is 112 Å². The molecule has 0 N–H and O–H groups in total. The number of nitro groups is 1. The summed E-state index contributed by atoms with van der Waals surface area (Å²) in [6.45, 7) is 0.325. The number of benzene rings is 1. The summed E-state index contributed by atoms with van der Waals surface area (Å²) in [4.78, 5) is 24.4. The van der Waals surface area contributed by atoms with Crippen LogP contribution in [0.15, 0.2) is 24.3 Å². The van der Waals surface area contributed by atoms with Crippen LogP contribution in [0.3, 0.4) is 0 Å². The van der Waals surface area contributed by atoms with Gasteiger partial charge in [-0.1, -0.05) is 25.0 Å². The van der Waals surface area contributed by atoms with Gasteiger partial charge in [-0.25, -0.2) is 0 Å². The molecule has 1 fully saturated rings. The number of hydrogen-bond donors (Lipinski definition) is 0. The first-order valence-electron chi connectivity index (χ1n) is 6.56. The number of non-ortho nitro benzene ring substituents is 1. The third kappa shape index (κ3) is 3.38. The summed E-state index contributed by atoms with van der Waals surface area (Å²) in [5.41, 5.74) is 0.383. The van der Waals surface area contributed by atoms with Crippen molar-refractivity contribution >= 4 is 11.5 Å². The number of hydrogen-bond acceptors (Lipinski definition) is 4. The SMILES string of the molecule is CN(CC(=O)c1cccc([N+](=O)[O-])c1)C1CCCC1. The normalized spacial score (nSPS) is 15.9. The Kier molecular flexibility index (Phi) is 4.27. The van der Waals surface area contributed by atoms with Gasteiger partial charge >= 0.3 is 0 Å². The fourth-order valence-corrected chi connectivity index (χ4v) is 2.58. The molecule has 2 rings (SSSR count). The van der Waals surface area contributed by atoms with Crippen molar-refractivity contribution < 1.29 is 9.72 Å². The fraction of sp³-hybridized carbons (Fsp3) is 0.500. The van der Waals surface area contributed by atoms with E-state index in [9.17, 15) is 14.9 Å². The van der Waals surface area contributed by atoms with Gasteiger partial charge in [0.25, 0.3) is 5.69 Å². The van der Waals surface area contributed by atoms with Crippen molar-refractivity contribution in [3.05, 3.63) is 39.9 Å². The zero-order chi connectivity index (χ0) is 13.8. The molecular formula is C14H18N2O3. The molecule has 5 nitrogen and oxygen atoms in total. The lowest BCUT2D eigenvalue weighted by molar-refractivity contribution is -0.384. The van der Waals surface area contributed by atoms with Gasteiger partial charge in [0.05, 0.1) is 11.5 Å². The molecule has 1 aliphatic carbocycles. The fourth-order valence-electron chi connectivity index (χ4n) is 2.58. The Morgan fingerprint density at radius 3 is 2.74 bits per heavy atom.